The molecule has 0 saturated heterocycles. The van der Waals surface area contributed by atoms with Crippen LogP contribution in [0.15, 0.2) is 66.9 Å². The van der Waals surface area contributed by atoms with Crippen LogP contribution in [0.1, 0.15) is 18.1 Å². The molecule has 0 radical (unpaired) electrons. The molecule has 0 aliphatic heterocycles. The number of aliphatic hydroxyl groups is 1. The van der Waals surface area contributed by atoms with E-state index in [2.05, 4.69) is 4.98 Å². The van der Waals surface area contributed by atoms with Gasteiger partial charge in [-0.1, -0.05) is 36.4 Å². The number of hydrogen-bond acceptors (Lipinski definition) is 3. The highest BCUT2D eigenvalue weighted by Gasteiger charge is 2.11. The van der Waals surface area contributed by atoms with E-state index >= 15 is 0 Å². The van der Waals surface area contributed by atoms with Crippen molar-refractivity contribution in [1.29, 1.82) is 0 Å². The van der Waals surface area contributed by atoms with Gasteiger partial charge in [0.15, 0.2) is 0 Å². The lowest BCUT2D eigenvalue weighted by atomic mass is 10.0. The van der Waals surface area contributed by atoms with Crippen LogP contribution in [0.5, 0.6) is 5.75 Å². The summed E-state index contributed by atoms with van der Waals surface area (Å²) >= 11 is 0. The first-order valence-corrected chi connectivity index (χ1v) is 7.04. The molecule has 0 bridgehead atoms. The number of aromatic nitrogens is 1. The number of benzene rings is 2. The Balaban J connectivity index is 1.68. The predicted molar refractivity (Wildman–Crippen MR) is 83.3 cm³/mol. The second kappa shape index (κ2) is 6.37. The van der Waals surface area contributed by atoms with Crippen LogP contribution in [0.2, 0.25) is 0 Å². The molecule has 1 N–H and O–H groups in total. The lowest BCUT2D eigenvalue weighted by Crippen LogP contribution is -2.06. The van der Waals surface area contributed by atoms with Crippen molar-refractivity contribution in [2.24, 2.45) is 0 Å². The number of fused-ring (bicyclic) bond motifs is 1. The Morgan fingerprint density at radius 1 is 0.952 bits per heavy atom. The number of hydrogen-bond donors (Lipinski definition) is 1. The van der Waals surface area contributed by atoms with Crippen LogP contribution in [0.25, 0.3) is 10.9 Å². The van der Waals surface area contributed by atoms with Crippen LogP contribution in [-0.2, 0) is 0 Å². The molecule has 3 nitrogen and oxygen atoms in total. The van der Waals surface area contributed by atoms with Crippen LogP contribution < -0.4 is 4.74 Å². The van der Waals surface area contributed by atoms with E-state index in [0.717, 1.165) is 22.2 Å². The van der Waals surface area contributed by atoms with Gasteiger partial charge in [-0.05, 0) is 29.8 Å². The molecule has 2 aromatic carbocycles. The normalized spacial score (nSPS) is 12.2. The van der Waals surface area contributed by atoms with Gasteiger partial charge in [-0.15, -0.1) is 0 Å². The quantitative estimate of drug-likeness (QED) is 0.773. The highest BCUT2D eigenvalue weighted by Crippen LogP contribution is 2.25. The topological polar surface area (TPSA) is 42.4 Å². The average molecular weight is 279 g/mol. The zero-order valence-corrected chi connectivity index (χ0v) is 11.6. The molecule has 0 spiro atoms. The average Bonchev–Trinajstić information content (AvgIpc) is 2.55. The number of pyridine rings is 1. The summed E-state index contributed by atoms with van der Waals surface area (Å²) in [6, 6.07) is 19.3. The van der Waals surface area contributed by atoms with E-state index in [1.54, 1.807) is 6.20 Å². The Bertz CT molecular complexity index is 707. The SMILES string of the molecule is OC(CCOc1ccccc1)c1cccc2ncccc12. The number of nitrogens with zero attached hydrogens (tertiary/aromatic N) is 1. The predicted octanol–water partition coefficient (Wildman–Crippen LogP) is 3.74. The van der Waals surface area contributed by atoms with Gasteiger partial charge in [-0.3, -0.25) is 4.98 Å². The molecule has 0 aliphatic carbocycles. The van der Waals surface area contributed by atoms with Gasteiger partial charge in [0.1, 0.15) is 5.75 Å². The maximum atomic E-state index is 10.4. The van der Waals surface area contributed by atoms with Gasteiger partial charge in [0.2, 0.25) is 0 Å². The molecule has 1 aromatic heterocycles. The third-order valence-electron chi connectivity index (χ3n) is 3.44. The monoisotopic (exact) mass is 279 g/mol. The minimum Gasteiger partial charge on any atom is -0.493 e. The molecule has 21 heavy (non-hydrogen) atoms. The van der Waals surface area contributed by atoms with E-state index in [1.807, 2.05) is 60.7 Å². The summed E-state index contributed by atoms with van der Waals surface area (Å²) < 4.78 is 5.63. The zero-order valence-electron chi connectivity index (χ0n) is 11.6. The fourth-order valence-electron chi connectivity index (χ4n) is 2.38. The summed E-state index contributed by atoms with van der Waals surface area (Å²) in [6.45, 7) is 0.474. The summed E-state index contributed by atoms with van der Waals surface area (Å²) in [4.78, 5) is 4.31. The summed E-state index contributed by atoms with van der Waals surface area (Å²) in [5.41, 5.74) is 1.80. The fraction of sp³-hybridized carbons (Fsp3) is 0.167. The van der Waals surface area contributed by atoms with Crippen molar-refractivity contribution in [3.05, 3.63) is 72.4 Å². The molecular weight excluding hydrogens is 262 g/mol. The van der Waals surface area contributed by atoms with E-state index in [0.29, 0.717) is 13.0 Å². The molecule has 3 rings (SSSR count). The van der Waals surface area contributed by atoms with Crippen molar-refractivity contribution < 1.29 is 9.84 Å². The Labute approximate surface area is 123 Å². The van der Waals surface area contributed by atoms with Crippen LogP contribution in [0.3, 0.4) is 0 Å². The minimum atomic E-state index is -0.554. The Hall–Kier alpha value is -2.39. The smallest absolute Gasteiger partial charge is 0.119 e. The van der Waals surface area contributed by atoms with E-state index < -0.39 is 6.10 Å². The maximum absolute atomic E-state index is 10.4. The molecule has 3 heteroatoms. The van der Waals surface area contributed by atoms with Gasteiger partial charge in [0.25, 0.3) is 0 Å². The van der Waals surface area contributed by atoms with Crippen molar-refractivity contribution in [3.8, 4) is 5.75 Å². The molecule has 1 unspecified atom stereocenters. The molecule has 0 fully saturated rings. The summed E-state index contributed by atoms with van der Waals surface area (Å²) in [7, 11) is 0. The minimum absolute atomic E-state index is 0.474. The third-order valence-corrected chi connectivity index (χ3v) is 3.44. The molecule has 0 amide bonds. The van der Waals surface area contributed by atoms with Gasteiger partial charge in [-0.2, -0.15) is 0 Å². The van der Waals surface area contributed by atoms with Crippen molar-refractivity contribution >= 4 is 10.9 Å². The highest BCUT2D eigenvalue weighted by molar-refractivity contribution is 5.82. The molecule has 106 valence electrons. The molecule has 0 saturated carbocycles. The largest absolute Gasteiger partial charge is 0.493 e. The summed E-state index contributed by atoms with van der Waals surface area (Å²) in [6.07, 6.45) is 1.75. The van der Waals surface area contributed by atoms with Gasteiger partial charge in [0.05, 0.1) is 18.2 Å². The van der Waals surface area contributed by atoms with Crippen LogP contribution in [0, 0.1) is 0 Å². The van der Waals surface area contributed by atoms with Gasteiger partial charge in [-0.25, -0.2) is 0 Å². The first-order valence-electron chi connectivity index (χ1n) is 7.04. The van der Waals surface area contributed by atoms with E-state index in [1.165, 1.54) is 0 Å². The van der Waals surface area contributed by atoms with Gasteiger partial charge >= 0.3 is 0 Å². The van der Waals surface area contributed by atoms with Crippen molar-refractivity contribution in [2.75, 3.05) is 6.61 Å². The number of para-hydroxylation sites is 1. The Kier molecular flexibility index (Phi) is 4.12. The van der Waals surface area contributed by atoms with Crippen molar-refractivity contribution in [2.45, 2.75) is 12.5 Å². The van der Waals surface area contributed by atoms with E-state index in [9.17, 15) is 5.11 Å². The maximum Gasteiger partial charge on any atom is 0.119 e. The van der Waals surface area contributed by atoms with Crippen LogP contribution >= 0.6 is 0 Å². The molecule has 1 heterocycles. The molecular formula is C18H17NO2. The molecule has 0 aliphatic rings. The third kappa shape index (κ3) is 3.20. The molecule has 1 atom stereocenters. The van der Waals surface area contributed by atoms with Gasteiger partial charge in [0, 0.05) is 18.0 Å². The van der Waals surface area contributed by atoms with Crippen molar-refractivity contribution in [1.82, 2.24) is 4.98 Å². The van der Waals surface area contributed by atoms with Gasteiger partial charge < -0.3 is 9.84 Å². The van der Waals surface area contributed by atoms with Crippen LogP contribution in [-0.4, -0.2) is 16.7 Å². The van der Waals surface area contributed by atoms with E-state index in [4.69, 9.17) is 4.74 Å². The summed E-state index contributed by atoms with van der Waals surface area (Å²) in [5.74, 6) is 0.823. The Morgan fingerprint density at radius 2 is 1.81 bits per heavy atom. The fourth-order valence-corrected chi connectivity index (χ4v) is 2.38. The first kappa shape index (κ1) is 13.6. The van der Waals surface area contributed by atoms with E-state index in [-0.39, 0.29) is 0 Å². The lowest BCUT2D eigenvalue weighted by Gasteiger charge is -2.14. The standard InChI is InChI=1S/C18H17NO2/c20-18(11-13-21-14-6-2-1-3-7-14)16-8-4-10-17-15(16)9-5-12-19-17/h1-10,12,18,20H,11,13H2. The van der Waals surface area contributed by atoms with Crippen molar-refractivity contribution in [3.63, 3.8) is 0 Å². The molecule has 3 aromatic rings. The highest BCUT2D eigenvalue weighted by atomic mass is 16.5. The second-order valence-electron chi connectivity index (χ2n) is 4.88. The summed E-state index contributed by atoms with van der Waals surface area (Å²) in [5, 5.41) is 11.4. The zero-order chi connectivity index (χ0) is 14.5. The number of rotatable bonds is 5. The Morgan fingerprint density at radius 3 is 2.67 bits per heavy atom. The van der Waals surface area contributed by atoms with Crippen LogP contribution in [0.4, 0.5) is 0 Å². The first-order chi connectivity index (χ1) is 10.3. The number of aliphatic hydroxyl groups excluding tert-OH is 1. The number of ether oxygens (including phenoxy) is 1. The second-order valence-corrected chi connectivity index (χ2v) is 4.88. The lowest BCUT2D eigenvalue weighted by molar-refractivity contribution is 0.142.